The zero-order chi connectivity index (χ0) is 8.43. The van der Waals surface area contributed by atoms with E-state index >= 15 is 0 Å². The second-order valence-electron chi connectivity index (χ2n) is 1.86. The van der Waals surface area contributed by atoms with E-state index in [4.69, 9.17) is 5.73 Å². The minimum Gasteiger partial charge on any atom is -0.364 e. The predicted octanol–water partition coefficient (Wildman–Crippen LogP) is -0.916. The molecule has 3 N–H and O–H groups in total. The molecule has 1 aromatic rings. The summed E-state index contributed by atoms with van der Waals surface area (Å²) in [6.07, 6.45) is 1.35. The largest absolute Gasteiger partial charge is 0.364 e. The van der Waals surface area contributed by atoms with Gasteiger partial charge in [0.05, 0.1) is 4.90 Å². The van der Waals surface area contributed by atoms with Crippen LogP contribution in [0.3, 0.4) is 0 Å². The first-order chi connectivity index (χ1) is 5.13. The Morgan fingerprint density at radius 3 is 2.55 bits per heavy atom. The van der Waals surface area contributed by atoms with Crippen molar-refractivity contribution in [3.8, 4) is 0 Å². The van der Waals surface area contributed by atoms with Gasteiger partial charge in [0.15, 0.2) is 10.7 Å². The minimum atomic E-state index is -2.74. The van der Waals surface area contributed by atoms with Gasteiger partial charge in [0.2, 0.25) is 0 Å². The number of carbonyl (C=O) groups excluding carboxylic acids is 1. The maximum absolute atomic E-state index is 10.5. The van der Waals surface area contributed by atoms with Crippen LogP contribution in [-0.2, 0) is 10.7 Å². The van der Waals surface area contributed by atoms with E-state index in [1.165, 1.54) is 12.3 Å². The highest BCUT2D eigenvalue weighted by atomic mass is 32.2. The normalized spacial score (nSPS) is 10.3. The number of aromatic amines is 1. The van der Waals surface area contributed by atoms with E-state index in [-0.39, 0.29) is 10.6 Å². The van der Waals surface area contributed by atoms with E-state index in [0.717, 1.165) is 0 Å². The van der Waals surface area contributed by atoms with Gasteiger partial charge in [-0.2, -0.15) is 0 Å². The highest BCUT2D eigenvalue weighted by molar-refractivity contribution is 7.72. The lowest BCUT2D eigenvalue weighted by Crippen LogP contribution is -2.13. The molecule has 11 heavy (non-hydrogen) atoms. The standard InChI is InChI=1S/C5H6N2O3S/c6-5(8)4-3(11(9)10)1-2-7-4/h1-2,7,11H,(H2,6,8). The van der Waals surface area contributed by atoms with Gasteiger partial charge in [-0.3, -0.25) is 4.79 Å². The molecule has 0 aliphatic rings. The Morgan fingerprint density at radius 1 is 1.55 bits per heavy atom. The Morgan fingerprint density at radius 2 is 2.18 bits per heavy atom. The molecular formula is C5H6N2O3S. The second-order valence-corrected chi connectivity index (χ2v) is 2.86. The number of hydrogen-bond donors (Lipinski definition) is 3. The van der Waals surface area contributed by atoms with E-state index in [9.17, 15) is 13.2 Å². The number of carbonyl (C=O) groups is 1. The first kappa shape index (κ1) is 7.80. The molecule has 0 aromatic carbocycles. The van der Waals surface area contributed by atoms with Gasteiger partial charge >= 0.3 is 0 Å². The van der Waals surface area contributed by atoms with Crippen LogP contribution < -0.4 is 5.73 Å². The molecule has 0 aliphatic heterocycles. The number of hydrogen-bond acceptors (Lipinski definition) is 3. The third kappa shape index (κ3) is 1.40. The van der Waals surface area contributed by atoms with Crippen molar-refractivity contribution in [2.45, 2.75) is 4.90 Å². The summed E-state index contributed by atoms with van der Waals surface area (Å²) in [5, 5.41) is 0. The van der Waals surface area contributed by atoms with E-state index in [1.807, 2.05) is 0 Å². The van der Waals surface area contributed by atoms with Gasteiger partial charge in [-0.05, 0) is 6.07 Å². The molecule has 0 bridgehead atoms. The van der Waals surface area contributed by atoms with Gasteiger partial charge in [-0.1, -0.05) is 0 Å². The number of H-pyrrole nitrogens is 1. The van der Waals surface area contributed by atoms with Gasteiger partial charge in [0.1, 0.15) is 5.69 Å². The van der Waals surface area contributed by atoms with Crippen molar-refractivity contribution in [1.82, 2.24) is 4.98 Å². The molecule has 0 spiro atoms. The molecule has 0 fully saturated rings. The van der Waals surface area contributed by atoms with Crippen molar-refractivity contribution < 1.29 is 13.2 Å². The highest BCUT2D eigenvalue weighted by Crippen LogP contribution is 2.06. The predicted molar refractivity (Wildman–Crippen MR) is 37.9 cm³/mol. The maximum atomic E-state index is 10.5. The van der Waals surface area contributed by atoms with Gasteiger partial charge in [-0.15, -0.1) is 0 Å². The number of thiol groups is 1. The third-order valence-electron chi connectivity index (χ3n) is 1.17. The SMILES string of the molecule is NC(=O)c1[nH]ccc1[SH](=O)=O. The van der Waals surface area contributed by atoms with Crippen LogP contribution in [0.5, 0.6) is 0 Å². The Balaban J connectivity index is 3.27. The molecule has 1 heterocycles. The van der Waals surface area contributed by atoms with Gasteiger partial charge in [0, 0.05) is 6.20 Å². The maximum Gasteiger partial charge on any atom is 0.266 e. The number of nitrogens with two attached hydrogens (primary N) is 1. The summed E-state index contributed by atoms with van der Waals surface area (Å²) in [6, 6.07) is 1.28. The van der Waals surface area contributed by atoms with E-state index in [0.29, 0.717) is 0 Å². The lowest BCUT2D eigenvalue weighted by molar-refractivity contribution is 0.0993. The molecule has 60 valence electrons. The van der Waals surface area contributed by atoms with Crippen LogP contribution in [0.25, 0.3) is 0 Å². The van der Waals surface area contributed by atoms with Gasteiger partial charge in [-0.25, -0.2) is 8.42 Å². The zero-order valence-corrected chi connectivity index (χ0v) is 6.30. The van der Waals surface area contributed by atoms with Crippen LogP contribution in [-0.4, -0.2) is 19.3 Å². The Kier molecular flexibility index (Phi) is 1.95. The average Bonchev–Trinajstić information content (AvgIpc) is 2.32. The summed E-state index contributed by atoms with van der Waals surface area (Å²) < 4.78 is 20.8. The van der Waals surface area contributed by atoms with Crippen molar-refractivity contribution in [3.05, 3.63) is 18.0 Å². The molecule has 5 nitrogen and oxygen atoms in total. The fraction of sp³-hybridized carbons (Fsp3) is 0. The van der Waals surface area contributed by atoms with Crippen LogP contribution in [0, 0.1) is 0 Å². The first-order valence-corrected chi connectivity index (χ1v) is 3.92. The molecule has 0 aliphatic carbocycles. The third-order valence-corrected chi connectivity index (χ3v) is 1.93. The van der Waals surface area contributed by atoms with Crippen molar-refractivity contribution in [2.75, 3.05) is 0 Å². The molecule has 1 aromatic heterocycles. The molecule has 0 saturated carbocycles. The topological polar surface area (TPSA) is 93.0 Å². The van der Waals surface area contributed by atoms with E-state index in [2.05, 4.69) is 4.98 Å². The molecule has 0 atom stereocenters. The first-order valence-electron chi connectivity index (χ1n) is 2.74. The highest BCUT2D eigenvalue weighted by Gasteiger charge is 2.09. The Hall–Kier alpha value is -1.30. The fourth-order valence-electron chi connectivity index (χ4n) is 0.711. The van der Waals surface area contributed by atoms with Crippen molar-refractivity contribution >= 4 is 16.6 Å². The van der Waals surface area contributed by atoms with Crippen LogP contribution >= 0.6 is 0 Å². The Labute approximate surface area is 64.2 Å². The smallest absolute Gasteiger partial charge is 0.266 e. The van der Waals surface area contributed by atoms with E-state index in [1.54, 1.807) is 0 Å². The van der Waals surface area contributed by atoms with Crippen LogP contribution in [0.4, 0.5) is 0 Å². The lowest BCUT2D eigenvalue weighted by atomic mass is 10.4. The summed E-state index contributed by atoms with van der Waals surface area (Å²) >= 11 is 0. The van der Waals surface area contributed by atoms with E-state index < -0.39 is 16.6 Å². The number of aromatic nitrogens is 1. The number of rotatable bonds is 2. The molecule has 0 saturated heterocycles. The number of nitrogens with one attached hydrogen (secondary N) is 1. The number of amides is 1. The van der Waals surface area contributed by atoms with Gasteiger partial charge < -0.3 is 10.7 Å². The van der Waals surface area contributed by atoms with Crippen LogP contribution in [0.15, 0.2) is 17.2 Å². The summed E-state index contributed by atoms with van der Waals surface area (Å²) in [7, 11) is -2.74. The summed E-state index contributed by atoms with van der Waals surface area (Å²) in [5.74, 6) is -0.774. The summed E-state index contributed by atoms with van der Waals surface area (Å²) in [6.45, 7) is 0. The summed E-state index contributed by atoms with van der Waals surface area (Å²) in [5.41, 5.74) is 4.79. The Bertz CT molecular complexity index is 344. The van der Waals surface area contributed by atoms with Crippen LogP contribution in [0.2, 0.25) is 0 Å². The monoisotopic (exact) mass is 174 g/mol. The summed E-state index contributed by atoms with van der Waals surface area (Å²) in [4.78, 5) is 12.9. The van der Waals surface area contributed by atoms with Crippen molar-refractivity contribution in [1.29, 1.82) is 0 Å². The lowest BCUT2D eigenvalue weighted by Gasteiger charge is -1.88. The zero-order valence-electron chi connectivity index (χ0n) is 5.40. The molecule has 1 amide bonds. The van der Waals surface area contributed by atoms with Crippen molar-refractivity contribution in [3.63, 3.8) is 0 Å². The molecule has 1 rings (SSSR count). The molecule has 0 unspecified atom stereocenters. The quantitative estimate of drug-likeness (QED) is 0.506. The molecule has 0 radical (unpaired) electrons. The fourth-order valence-corrected chi connectivity index (χ4v) is 1.26. The average molecular weight is 174 g/mol. The second kappa shape index (κ2) is 2.75. The molecular weight excluding hydrogens is 168 g/mol. The molecule has 6 heteroatoms. The minimum absolute atomic E-state index is 0.0625. The van der Waals surface area contributed by atoms with Gasteiger partial charge in [0.25, 0.3) is 5.91 Å². The van der Waals surface area contributed by atoms with Crippen LogP contribution in [0.1, 0.15) is 10.5 Å². The van der Waals surface area contributed by atoms with Crippen molar-refractivity contribution in [2.24, 2.45) is 5.73 Å². The number of primary amides is 1.